The fraction of sp³-hybridized carbons (Fsp3) is 0.435. The number of benzene rings is 1. The van der Waals surface area contributed by atoms with E-state index in [1.165, 1.54) is 25.6 Å². The number of anilines is 1. The van der Waals surface area contributed by atoms with E-state index in [0.29, 0.717) is 22.1 Å². The summed E-state index contributed by atoms with van der Waals surface area (Å²) in [6.07, 6.45) is 7.01. The number of Topliss-reactive ketones (excluding diaryl/α,β-unsaturated/α-hetero) is 1. The molecule has 1 saturated carbocycles. The molecule has 1 aromatic carbocycles. The monoisotopic (exact) mass is 425 g/mol. The van der Waals surface area contributed by atoms with Crippen LogP contribution in [0.1, 0.15) is 53.9 Å². The molecular formula is C23H25N2O6-. The molecule has 2 aromatic rings. The van der Waals surface area contributed by atoms with E-state index in [-0.39, 0.29) is 29.6 Å². The van der Waals surface area contributed by atoms with E-state index in [9.17, 15) is 14.8 Å². The Hall–Kier alpha value is -3.13. The number of aromatic nitrogens is 1. The predicted octanol–water partition coefficient (Wildman–Crippen LogP) is 3.63. The van der Waals surface area contributed by atoms with Gasteiger partial charge in [-0.05, 0) is 49.4 Å². The number of hydrogen-bond acceptors (Lipinski definition) is 8. The van der Waals surface area contributed by atoms with Gasteiger partial charge in [-0.2, -0.15) is 0 Å². The molecule has 0 saturated heterocycles. The quantitative estimate of drug-likeness (QED) is 0.620. The van der Waals surface area contributed by atoms with Gasteiger partial charge in [0.2, 0.25) is 0 Å². The summed E-state index contributed by atoms with van der Waals surface area (Å²) in [5.74, 6) is -0.474. The van der Waals surface area contributed by atoms with Gasteiger partial charge in [0.15, 0.2) is 17.3 Å². The lowest BCUT2D eigenvalue weighted by Gasteiger charge is -2.37. The molecule has 0 amide bonds. The topological polar surface area (TPSA) is 101 Å². The van der Waals surface area contributed by atoms with E-state index in [2.05, 4.69) is 4.98 Å². The first kappa shape index (κ1) is 21.1. The minimum atomic E-state index is -1.09. The SMILES string of the molecule is COC(=O)CC(c1ccc(OC)c(OC2CCCC2)c1)C1C(=O)c2cnccc2N1[O-]. The zero-order valence-electron chi connectivity index (χ0n) is 17.6. The summed E-state index contributed by atoms with van der Waals surface area (Å²) in [5.41, 5.74) is 1.16. The molecule has 1 aliphatic carbocycles. The Kier molecular flexibility index (Phi) is 6.08. The fourth-order valence-corrected chi connectivity index (χ4v) is 4.41. The number of ketones is 1. The number of rotatable bonds is 7. The van der Waals surface area contributed by atoms with E-state index in [4.69, 9.17) is 14.2 Å². The lowest BCUT2D eigenvalue weighted by Crippen LogP contribution is -2.38. The van der Waals surface area contributed by atoms with Gasteiger partial charge in [-0.3, -0.25) is 14.6 Å². The summed E-state index contributed by atoms with van der Waals surface area (Å²) in [6.45, 7) is 0. The minimum absolute atomic E-state index is 0.0997. The van der Waals surface area contributed by atoms with Crippen LogP contribution in [0.2, 0.25) is 0 Å². The Labute approximate surface area is 180 Å². The van der Waals surface area contributed by atoms with Crippen molar-refractivity contribution in [2.75, 3.05) is 19.3 Å². The van der Waals surface area contributed by atoms with Crippen LogP contribution in [0.4, 0.5) is 5.69 Å². The summed E-state index contributed by atoms with van der Waals surface area (Å²) in [4.78, 5) is 29.3. The highest BCUT2D eigenvalue weighted by molar-refractivity contribution is 6.11. The number of hydrogen-bond donors (Lipinski definition) is 0. The number of esters is 1. The van der Waals surface area contributed by atoms with Gasteiger partial charge < -0.3 is 24.5 Å². The average Bonchev–Trinajstić information content (AvgIpc) is 3.39. The number of fused-ring (bicyclic) bond motifs is 1. The molecule has 2 aliphatic rings. The van der Waals surface area contributed by atoms with Crippen molar-refractivity contribution in [2.24, 2.45) is 0 Å². The summed E-state index contributed by atoms with van der Waals surface area (Å²) >= 11 is 0. The second-order valence-corrected chi connectivity index (χ2v) is 7.85. The van der Waals surface area contributed by atoms with Crippen LogP contribution in [0.3, 0.4) is 0 Å². The van der Waals surface area contributed by atoms with Crippen molar-refractivity contribution in [3.8, 4) is 11.5 Å². The van der Waals surface area contributed by atoms with Crippen molar-refractivity contribution < 1.29 is 23.8 Å². The normalized spacial score (nSPS) is 19.3. The van der Waals surface area contributed by atoms with Crippen LogP contribution in [0.5, 0.6) is 11.5 Å². The standard InChI is InChI=1S/C23H25N2O6/c1-29-19-8-7-14(11-20(19)31-15-5-3-4-6-15)16(12-21(26)30-2)22-23(27)17-13-24-10-9-18(17)25(22)28/h7-11,13,15-16,22H,3-6,12H2,1-2H3/q-1. The lowest BCUT2D eigenvalue weighted by atomic mass is 9.86. The van der Waals surface area contributed by atoms with Crippen molar-refractivity contribution >= 4 is 17.4 Å². The molecule has 0 N–H and O–H groups in total. The van der Waals surface area contributed by atoms with Gasteiger partial charge in [-0.1, -0.05) is 6.07 Å². The van der Waals surface area contributed by atoms with Gasteiger partial charge in [0.25, 0.3) is 0 Å². The predicted molar refractivity (Wildman–Crippen MR) is 113 cm³/mol. The van der Waals surface area contributed by atoms with E-state index >= 15 is 0 Å². The third kappa shape index (κ3) is 4.07. The van der Waals surface area contributed by atoms with Crippen molar-refractivity contribution in [3.63, 3.8) is 0 Å². The first-order valence-corrected chi connectivity index (χ1v) is 10.4. The molecule has 31 heavy (non-hydrogen) atoms. The zero-order chi connectivity index (χ0) is 22.0. The Morgan fingerprint density at radius 3 is 2.68 bits per heavy atom. The van der Waals surface area contributed by atoms with E-state index in [0.717, 1.165) is 25.7 Å². The van der Waals surface area contributed by atoms with Gasteiger partial charge in [0, 0.05) is 24.0 Å². The Balaban J connectivity index is 1.71. The van der Waals surface area contributed by atoms with Gasteiger partial charge >= 0.3 is 5.97 Å². The second kappa shape index (κ2) is 8.93. The molecule has 2 atom stereocenters. The van der Waals surface area contributed by atoms with Crippen LogP contribution < -0.4 is 14.5 Å². The largest absolute Gasteiger partial charge is 0.758 e. The Morgan fingerprint density at radius 2 is 2.00 bits per heavy atom. The van der Waals surface area contributed by atoms with Crippen LogP contribution >= 0.6 is 0 Å². The van der Waals surface area contributed by atoms with Crippen molar-refractivity contribution in [1.29, 1.82) is 0 Å². The number of carbonyl (C=O) groups excluding carboxylic acids is 2. The number of hydroxylamine groups is 1. The third-order valence-electron chi connectivity index (χ3n) is 6.03. The van der Waals surface area contributed by atoms with Crippen LogP contribution in [0.25, 0.3) is 0 Å². The molecule has 1 aliphatic heterocycles. The smallest absolute Gasteiger partial charge is 0.306 e. The summed E-state index contributed by atoms with van der Waals surface area (Å²) < 4.78 is 16.5. The van der Waals surface area contributed by atoms with Crippen LogP contribution in [-0.4, -0.2) is 43.1 Å². The summed E-state index contributed by atoms with van der Waals surface area (Å²) in [7, 11) is 2.85. The summed E-state index contributed by atoms with van der Waals surface area (Å²) in [6, 6.07) is 5.69. The van der Waals surface area contributed by atoms with Gasteiger partial charge in [0.1, 0.15) is 0 Å². The van der Waals surface area contributed by atoms with E-state index in [1.807, 2.05) is 0 Å². The minimum Gasteiger partial charge on any atom is -0.758 e. The molecular weight excluding hydrogens is 400 g/mol. The molecule has 1 aromatic heterocycles. The first-order chi connectivity index (χ1) is 15.0. The van der Waals surface area contributed by atoms with Gasteiger partial charge in [-0.25, -0.2) is 0 Å². The molecule has 8 nitrogen and oxygen atoms in total. The second-order valence-electron chi connectivity index (χ2n) is 7.85. The Bertz CT molecular complexity index is 972. The van der Waals surface area contributed by atoms with E-state index in [1.54, 1.807) is 25.3 Å². The molecule has 8 heteroatoms. The summed E-state index contributed by atoms with van der Waals surface area (Å²) in [5, 5.41) is 13.7. The third-order valence-corrected chi connectivity index (χ3v) is 6.03. The van der Waals surface area contributed by atoms with Gasteiger partial charge in [0.05, 0.1) is 38.3 Å². The lowest BCUT2D eigenvalue weighted by molar-refractivity contribution is -0.141. The molecule has 164 valence electrons. The first-order valence-electron chi connectivity index (χ1n) is 10.4. The number of carbonyl (C=O) groups is 2. The van der Waals surface area contributed by atoms with Gasteiger partial charge in [-0.15, -0.1) is 0 Å². The van der Waals surface area contributed by atoms with Crippen LogP contribution in [-0.2, 0) is 9.53 Å². The average molecular weight is 425 g/mol. The highest BCUT2D eigenvalue weighted by Gasteiger charge is 2.40. The maximum atomic E-state index is 13.1. The maximum absolute atomic E-state index is 13.1. The number of methoxy groups -OCH3 is 2. The highest BCUT2D eigenvalue weighted by Crippen LogP contribution is 2.41. The van der Waals surface area contributed by atoms with Crippen molar-refractivity contribution in [2.45, 2.75) is 50.2 Å². The van der Waals surface area contributed by atoms with E-state index < -0.39 is 17.9 Å². The molecule has 0 spiro atoms. The zero-order valence-corrected chi connectivity index (χ0v) is 17.6. The Morgan fingerprint density at radius 1 is 1.23 bits per heavy atom. The molecule has 2 unspecified atom stereocenters. The van der Waals surface area contributed by atoms with Crippen LogP contribution in [0, 0.1) is 5.21 Å². The molecule has 2 heterocycles. The number of ether oxygens (including phenoxy) is 3. The molecule has 1 fully saturated rings. The maximum Gasteiger partial charge on any atom is 0.306 e. The molecule has 0 radical (unpaired) electrons. The van der Waals surface area contributed by atoms with Crippen molar-refractivity contribution in [1.82, 2.24) is 4.98 Å². The molecule has 4 rings (SSSR count). The highest BCUT2D eigenvalue weighted by atomic mass is 16.5. The van der Waals surface area contributed by atoms with Crippen LogP contribution in [0.15, 0.2) is 36.7 Å². The number of nitrogens with zero attached hydrogens (tertiary/aromatic N) is 2. The van der Waals surface area contributed by atoms with Crippen molar-refractivity contribution in [3.05, 3.63) is 53.0 Å². The molecule has 0 bridgehead atoms. The number of pyridine rings is 1. The fourth-order valence-electron chi connectivity index (χ4n) is 4.41.